The molecule has 0 bridgehead atoms. The molecule has 31 heavy (non-hydrogen) atoms. The number of aromatic nitrogens is 2. The molecule has 1 fully saturated rings. The molecule has 3 heterocycles. The van der Waals surface area contributed by atoms with Crippen molar-refractivity contribution in [2.45, 2.75) is 25.2 Å². The van der Waals surface area contributed by atoms with Crippen molar-refractivity contribution in [2.75, 3.05) is 18.0 Å². The van der Waals surface area contributed by atoms with E-state index in [1.54, 1.807) is 13.1 Å². The van der Waals surface area contributed by atoms with Gasteiger partial charge >= 0.3 is 0 Å². The molecule has 0 atom stereocenters. The van der Waals surface area contributed by atoms with Crippen LogP contribution in [0.5, 0.6) is 0 Å². The first-order chi connectivity index (χ1) is 14.9. The summed E-state index contributed by atoms with van der Waals surface area (Å²) in [4.78, 5) is 19.5. The molecule has 156 valence electrons. The Kier molecular flexibility index (Phi) is 4.33. The number of rotatable bonds is 2. The first kappa shape index (κ1) is 19.3. The molecule has 6 nitrogen and oxygen atoms in total. The number of hydrogen-bond acceptors (Lipinski definition) is 5. The zero-order valence-corrected chi connectivity index (χ0v) is 17.4. The molecular weight excluding hydrogens is 395 g/mol. The molecule has 0 radical (unpaired) electrons. The van der Waals surface area contributed by atoms with Crippen molar-refractivity contribution in [3.63, 3.8) is 0 Å². The first-order valence-corrected chi connectivity index (χ1v) is 10.2. The van der Waals surface area contributed by atoms with Gasteiger partial charge in [0.2, 0.25) is 5.89 Å². The average molecular weight is 416 g/mol. The van der Waals surface area contributed by atoms with E-state index < -0.39 is 5.82 Å². The summed E-state index contributed by atoms with van der Waals surface area (Å²) in [6.07, 6.45) is 1.47. The van der Waals surface area contributed by atoms with Crippen LogP contribution in [0.4, 0.5) is 10.1 Å². The summed E-state index contributed by atoms with van der Waals surface area (Å²) in [5.41, 5.74) is 2.13. The topological polar surface area (TPSA) is 75.1 Å². The minimum Gasteiger partial charge on any atom is -0.440 e. The van der Waals surface area contributed by atoms with E-state index in [2.05, 4.69) is 18.0 Å². The van der Waals surface area contributed by atoms with Gasteiger partial charge in [0.25, 0.3) is 5.56 Å². The highest BCUT2D eigenvalue weighted by Gasteiger charge is 2.37. The van der Waals surface area contributed by atoms with Gasteiger partial charge in [-0.25, -0.2) is 9.37 Å². The zero-order chi connectivity index (χ0) is 21.8. The second kappa shape index (κ2) is 6.95. The van der Waals surface area contributed by atoms with Gasteiger partial charge in [0.15, 0.2) is 5.58 Å². The molecule has 0 saturated carbocycles. The number of nitrogens with zero attached hydrogens (tertiary/aromatic N) is 4. The molecular formula is C24H21FN4O2. The van der Waals surface area contributed by atoms with Crippen LogP contribution in [0.2, 0.25) is 0 Å². The normalized spacial score (nSPS) is 16.0. The molecule has 1 aliphatic rings. The number of hydrogen-bond donors (Lipinski definition) is 0. The van der Waals surface area contributed by atoms with Gasteiger partial charge in [0.1, 0.15) is 23.0 Å². The summed E-state index contributed by atoms with van der Waals surface area (Å²) in [5.74, 6) is 0.304. The second-order valence-corrected chi connectivity index (χ2v) is 8.40. The van der Waals surface area contributed by atoms with E-state index in [-0.39, 0.29) is 16.5 Å². The van der Waals surface area contributed by atoms with Gasteiger partial charge in [-0.05, 0) is 43.2 Å². The Morgan fingerprint density at radius 2 is 1.94 bits per heavy atom. The smallest absolute Gasteiger partial charge is 0.270 e. The molecule has 0 spiro atoms. The lowest BCUT2D eigenvalue weighted by molar-refractivity contribution is 0.292. The van der Waals surface area contributed by atoms with E-state index in [1.165, 1.54) is 16.7 Å². The van der Waals surface area contributed by atoms with Gasteiger partial charge in [-0.1, -0.05) is 19.1 Å². The van der Waals surface area contributed by atoms with Crippen molar-refractivity contribution in [3.8, 4) is 6.07 Å². The zero-order valence-electron chi connectivity index (χ0n) is 17.4. The van der Waals surface area contributed by atoms with E-state index in [9.17, 15) is 14.4 Å². The Morgan fingerprint density at radius 3 is 2.65 bits per heavy atom. The fourth-order valence-electron chi connectivity index (χ4n) is 4.50. The van der Waals surface area contributed by atoms with E-state index in [1.807, 2.05) is 29.2 Å². The van der Waals surface area contributed by atoms with Crippen LogP contribution in [-0.4, -0.2) is 22.6 Å². The average Bonchev–Trinajstić information content (AvgIpc) is 3.22. The molecule has 0 aliphatic carbocycles. The summed E-state index contributed by atoms with van der Waals surface area (Å²) < 4.78 is 21.5. The highest BCUT2D eigenvalue weighted by molar-refractivity contribution is 5.95. The minimum atomic E-state index is -0.399. The monoisotopic (exact) mass is 416 g/mol. The molecule has 2 aromatic carbocycles. The molecule has 4 aromatic rings. The van der Waals surface area contributed by atoms with Crippen LogP contribution in [0.1, 0.15) is 31.2 Å². The van der Waals surface area contributed by atoms with E-state index in [0.29, 0.717) is 35.6 Å². The van der Waals surface area contributed by atoms with Gasteiger partial charge in [-0.15, -0.1) is 0 Å². The predicted molar refractivity (Wildman–Crippen MR) is 117 cm³/mol. The summed E-state index contributed by atoms with van der Waals surface area (Å²) in [7, 11) is 1.60. The Balaban J connectivity index is 1.55. The number of aryl methyl sites for hydroxylation is 1. The number of pyridine rings is 1. The maximum Gasteiger partial charge on any atom is 0.270 e. The third-order valence-corrected chi connectivity index (χ3v) is 6.44. The van der Waals surface area contributed by atoms with Gasteiger partial charge in [-0.3, -0.25) is 4.79 Å². The number of benzene rings is 2. The number of piperidine rings is 1. The van der Waals surface area contributed by atoms with Gasteiger partial charge in [-0.2, -0.15) is 5.26 Å². The standard InChI is InChI=1S/C24H21FN4O2/c1-24(23-27-18-5-3-4-6-20(18)31-23)9-11-29(12-10-24)21-16-13-15(25)7-8-19(16)28(2)22(30)17(21)14-26/h3-8,13H,9-12H2,1-2H3. The van der Waals surface area contributed by atoms with Crippen LogP contribution in [0.15, 0.2) is 51.7 Å². The van der Waals surface area contributed by atoms with Crippen molar-refractivity contribution >= 4 is 27.7 Å². The number of para-hydroxylation sites is 2. The van der Waals surface area contributed by atoms with E-state index in [4.69, 9.17) is 4.42 Å². The van der Waals surface area contributed by atoms with Crippen molar-refractivity contribution < 1.29 is 8.81 Å². The lowest BCUT2D eigenvalue weighted by atomic mass is 9.80. The Hall–Kier alpha value is -3.66. The quantitative estimate of drug-likeness (QED) is 0.488. The van der Waals surface area contributed by atoms with Gasteiger partial charge in [0.05, 0.1) is 11.2 Å². The number of nitriles is 1. The third-order valence-electron chi connectivity index (χ3n) is 6.44. The van der Waals surface area contributed by atoms with Gasteiger partial charge < -0.3 is 13.9 Å². The number of halogens is 1. The first-order valence-electron chi connectivity index (χ1n) is 10.2. The Morgan fingerprint density at radius 1 is 1.19 bits per heavy atom. The van der Waals surface area contributed by atoms with Crippen molar-refractivity contribution in [1.82, 2.24) is 9.55 Å². The molecule has 0 amide bonds. The second-order valence-electron chi connectivity index (χ2n) is 8.40. The fourth-order valence-corrected chi connectivity index (χ4v) is 4.50. The highest BCUT2D eigenvalue weighted by atomic mass is 19.1. The number of fused-ring (bicyclic) bond motifs is 2. The summed E-state index contributed by atoms with van der Waals surface area (Å²) in [5, 5.41) is 10.3. The third kappa shape index (κ3) is 2.98. The summed E-state index contributed by atoms with van der Waals surface area (Å²) >= 11 is 0. The summed E-state index contributed by atoms with van der Waals surface area (Å²) in [6.45, 7) is 3.33. The van der Waals surface area contributed by atoms with Crippen LogP contribution in [0, 0.1) is 17.1 Å². The SMILES string of the molecule is Cn1c(=O)c(C#N)c(N2CCC(C)(c3nc4ccccc4o3)CC2)c2cc(F)ccc21. The van der Waals surface area contributed by atoms with Crippen LogP contribution in [0.3, 0.4) is 0 Å². The maximum absolute atomic E-state index is 14.1. The maximum atomic E-state index is 14.1. The van der Waals surface area contributed by atoms with Crippen molar-refractivity contribution in [1.29, 1.82) is 5.26 Å². The van der Waals surface area contributed by atoms with Crippen molar-refractivity contribution in [3.05, 3.63) is 70.1 Å². The highest BCUT2D eigenvalue weighted by Crippen LogP contribution is 2.39. The lowest BCUT2D eigenvalue weighted by Crippen LogP contribution is -2.42. The molecule has 5 rings (SSSR count). The number of oxazole rings is 1. The van der Waals surface area contributed by atoms with Crippen LogP contribution in [0.25, 0.3) is 22.0 Å². The van der Waals surface area contributed by atoms with E-state index >= 15 is 0 Å². The van der Waals surface area contributed by atoms with Crippen LogP contribution >= 0.6 is 0 Å². The van der Waals surface area contributed by atoms with Gasteiger partial charge in [0, 0.05) is 30.9 Å². The molecule has 1 saturated heterocycles. The van der Waals surface area contributed by atoms with Crippen molar-refractivity contribution in [2.24, 2.45) is 7.05 Å². The Bertz CT molecular complexity index is 1390. The molecule has 0 N–H and O–H groups in total. The molecule has 7 heteroatoms. The molecule has 1 aliphatic heterocycles. The Labute approximate surface area is 178 Å². The number of anilines is 1. The van der Waals surface area contributed by atoms with E-state index in [0.717, 1.165) is 23.9 Å². The molecule has 2 aromatic heterocycles. The predicted octanol–water partition coefficient (Wildman–Crippen LogP) is 4.25. The largest absolute Gasteiger partial charge is 0.440 e. The van der Waals surface area contributed by atoms with Crippen LogP contribution in [-0.2, 0) is 12.5 Å². The minimum absolute atomic E-state index is 0.0473. The lowest BCUT2D eigenvalue weighted by Gasteiger charge is -2.39. The molecule has 0 unspecified atom stereocenters. The summed E-state index contributed by atoms with van der Waals surface area (Å²) in [6, 6.07) is 14.1. The fraction of sp³-hybridized carbons (Fsp3) is 0.292. The van der Waals surface area contributed by atoms with Crippen LogP contribution < -0.4 is 10.5 Å².